The Hall–Kier alpha value is -1.25. The summed E-state index contributed by atoms with van der Waals surface area (Å²) >= 11 is 5.85. The van der Waals surface area contributed by atoms with Gasteiger partial charge in [-0.3, -0.25) is 0 Å². The maximum Gasteiger partial charge on any atom is 0.197 e. The molecule has 0 spiro atoms. The van der Waals surface area contributed by atoms with Crippen molar-refractivity contribution in [1.82, 2.24) is 0 Å². The Balaban J connectivity index is 2.11. The van der Waals surface area contributed by atoms with Gasteiger partial charge in [0.25, 0.3) is 0 Å². The van der Waals surface area contributed by atoms with Crippen molar-refractivity contribution in [2.75, 3.05) is 0 Å². The van der Waals surface area contributed by atoms with Gasteiger partial charge in [-0.05, 0) is 29.7 Å². The number of halogens is 1. The largest absolute Gasteiger partial charge is 0.453 e. The summed E-state index contributed by atoms with van der Waals surface area (Å²) in [6, 6.07) is 11.8. The first kappa shape index (κ1) is 10.3. The minimum absolute atomic E-state index is 0.112. The van der Waals surface area contributed by atoms with Gasteiger partial charge in [-0.15, -0.1) is 0 Å². The van der Waals surface area contributed by atoms with Gasteiger partial charge in [0.15, 0.2) is 5.22 Å². The normalized spacial score (nSPS) is 12.7. The van der Waals surface area contributed by atoms with Crippen LogP contribution in [0.2, 0.25) is 5.22 Å². The van der Waals surface area contributed by atoms with E-state index in [0.29, 0.717) is 5.22 Å². The van der Waals surface area contributed by atoms with Gasteiger partial charge in [0, 0.05) is 11.6 Å². The van der Waals surface area contributed by atoms with E-state index in [1.54, 1.807) is 6.26 Å². The number of benzene rings is 1. The number of hydrogen-bond acceptors (Lipinski definition) is 2. The second kappa shape index (κ2) is 4.51. The third-order valence-electron chi connectivity index (χ3n) is 2.34. The van der Waals surface area contributed by atoms with Crippen LogP contribution in [0.25, 0.3) is 0 Å². The van der Waals surface area contributed by atoms with Crippen molar-refractivity contribution in [1.29, 1.82) is 0 Å². The standard InChI is InChI=1S/C12H12ClNO/c13-12-10(6-7-15-12)11(14)8-9-4-2-1-3-5-9/h1-7,11H,8,14H2. The first-order valence-corrected chi connectivity index (χ1v) is 5.17. The molecule has 0 saturated heterocycles. The molecule has 15 heavy (non-hydrogen) atoms. The summed E-state index contributed by atoms with van der Waals surface area (Å²) in [6.45, 7) is 0. The highest BCUT2D eigenvalue weighted by Crippen LogP contribution is 2.24. The lowest BCUT2D eigenvalue weighted by Gasteiger charge is -2.09. The molecule has 2 rings (SSSR count). The van der Waals surface area contributed by atoms with Crippen molar-refractivity contribution < 1.29 is 4.42 Å². The quantitative estimate of drug-likeness (QED) is 0.865. The zero-order valence-electron chi connectivity index (χ0n) is 8.19. The smallest absolute Gasteiger partial charge is 0.197 e. The molecular formula is C12H12ClNO. The van der Waals surface area contributed by atoms with E-state index in [0.717, 1.165) is 12.0 Å². The molecule has 1 heterocycles. The SMILES string of the molecule is NC(Cc1ccccc1)c1ccoc1Cl. The van der Waals surface area contributed by atoms with E-state index in [4.69, 9.17) is 21.8 Å². The Morgan fingerprint density at radius 3 is 2.53 bits per heavy atom. The van der Waals surface area contributed by atoms with Gasteiger partial charge >= 0.3 is 0 Å². The molecule has 1 atom stereocenters. The van der Waals surface area contributed by atoms with Gasteiger partial charge in [-0.2, -0.15) is 0 Å². The summed E-state index contributed by atoms with van der Waals surface area (Å²) in [5.74, 6) is 0. The monoisotopic (exact) mass is 221 g/mol. The molecule has 0 aliphatic heterocycles. The van der Waals surface area contributed by atoms with Crippen molar-refractivity contribution in [2.24, 2.45) is 5.73 Å². The van der Waals surface area contributed by atoms with Crippen molar-refractivity contribution in [2.45, 2.75) is 12.5 Å². The first-order chi connectivity index (χ1) is 7.27. The van der Waals surface area contributed by atoms with Crippen LogP contribution in [0.5, 0.6) is 0 Å². The molecule has 2 aromatic rings. The molecule has 3 heteroatoms. The van der Waals surface area contributed by atoms with Crippen LogP contribution < -0.4 is 5.73 Å². The molecule has 0 fully saturated rings. The molecule has 1 aromatic carbocycles. The lowest BCUT2D eigenvalue weighted by Crippen LogP contribution is -2.12. The lowest BCUT2D eigenvalue weighted by atomic mass is 10.0. The molecule has 0 aliphatic carbocycles. The molecule has 1 aromatic heterocycles. The van der Waals surface area contributed by atoms with E-state index >= 15 is 0 Å². The molecule has 0 aliphatic rings. The van der Waals surface area contributed by atoms with Crippen molar-refractivity contribution >= 4 is 11.6 Å². The summed E-state index contributed by atoms with van der Waals surface area (Å²) in [5.41, 5.74) is 8.09. The predicted molar refractivity (Wildman–Crippen MR) is 60.8 cm³/mol. The molecule has 0 bridgehead atoms. The van der Waals surface area contributed by atoms with Crippen molar-refractivity contribution in [3.8, 4) is 0 Å². The average Bonchev–Trinajstić information content (AvgIpc) is 2.66. The second-order valence-corrected chi connectivity index (χ2v) is 3.79. The van der Waals surface area contributed by atoms with Gasteiger partial charge in [-0.1, -0.05) is 30.3 Å². The van der Waals surface area contributed by atoms with Crippen LogP contribution in [0, 0.1) is 0 Å². The van der Waals surface area contributed by atoms with Crippen LogP contribution >= 0.6 is 11.6 Å². The average molecular weight is 222 g/mol. The van der Waals surface area contributed by atoms with Crippen LogP contribution in [0.1, 0.15) is 17.2 Å². The van der Waals surface area contributed by atoms with Gasteiger partial charge in [-0.25, -0.2) is 0 Å². The molecule has 0 saturated carbocycles. The Bertz CT molecular complexity index is 424. The summed E-state index contributed by atoms with van der Waals surface area (Å²) in [5, 5.41) is 0.387. The third kappa shape index (κ3) is 2.41. The van der Waals surface area contributed by atoms with E-state index in [1.165, 1.54) is 5.56 Å². The van der Waals surface area contributed by atoms with E-state index in [-0.39, 0.29) is 6.04 Å². The molecule has 2 N–H and O–H groups in total. The number of nitrogens with two attached hydrogens (primary N) is 1. The van der Waals surface area contributed by atoms with Gasteiger partial charge in [0.05, 0.1) is 6.26 Å². The fourth-order valence-electron chi connectivity index (χ4n) is 1.55. The molecular weight excluding hydrogens is 210 g/mol. The third-order valence-corrected chi connectivity index (χ3v) is 2.65. The maximum absolute atomic E-state index is 6.03. The van der Waals surface area contributed by atoms with E-state index < -0.39 is 0 Å². The topological polar surface area (TPSA) is 39.2 Å². The zero-order chi connectivity index (χ0) is 10.7. The minimum atomic E-state index is -0.112. The number of rotatable bonds is 3. The fourth-order valence-corrected chi connectivity index (χ4v) is 1.80. The zero-order valence-corrected chi connectivity index (χ0v) is 8.95. The van der Waals surface area contributed by atoms with Crippen LogP contribution in [-0.2, 0) is 6.42 Å². The summed E-state index contributed by atoms with van der Waals surface area (Å²) < 4.78 is 5.01. The van der Waals surface area contributed by atoms with Gasteiger partial charge in [0.1, 0.15) is 0 Å². The Morgan fingerprint density at radius 2 is 1.93 bits per heavy atom. The van der Waals surface area contributed by atoms with Gasteiger partial charge < -0.3 is 10.2 Å². The van der Waals surface area contributed by atoms with Crippen LogP contribution in [-0.4, -0.2) is 0 Å². The minimum Gasteiger partial charge on any atom is -0.453 e. The van der Waals surface area contributed by atoms with Crippen molar-refractivity contribution in [3.05, 3.63) is 59.0 Å². The first-order valence-electron chi connectivity index (χ1n) is 4.80. The summed E-state index contributed by atoms with van der Waals surface area (Å²) in [7, 11) is 0. The molecule has 0 radical (unpaired) electrons. The fraction of sp³-hybridized carbons (Fsp3) is 0.167. The predicted octanol–water partition coefficient (Wildman–Crippen LogP) is 3.18. The van der Waals surface area contributed by atoms with Gasteiger partial charge in [0.2, 0.25) is 0 Å². The van der Waals surface area contributed by atoms with Crippen molar-refractivity contribution in [3.63, 3.8) is 0 Å². The maximum atomic E-state index is 6.03. The molecule has 1 unspecified atom stereocenters. The highest BCUT2D eigenvalue weighted by Gasteiger charge is 2.12. The van der Waals surface area contributed by atoms with Crippen LogP contribution in [0.3, 0.4) is 0 Å². The van der Waals surface area contributed by atoms with Crippen LogP contribution in [0.4, 0.5) is 0 Å². The summed E-state index contributed by atoms with van der Waals surface area (Å²) in [6.07, 6.45) is 2.32. The lowest BCUT2D eigenvalue weighted by molar-refractivity contribution is 0.560. The summed E-state index contributed by atoms with van der Waals surface area (Å²) in [4.78, 5) is 0. The molecule has 0 amide bonds. The highest BCUT2D eigenvalue weighted by atomic mass is 35.5. The Morgan fingerprint density at radius 1 is 1.20 bits per heavy atom. The second-order valence-electron chi connectivity index (χ2n) is 3.45. The molecule has 2 nitrogen and oxygen atoms in total. The Kier molecular flexibility index (Phi) is 3.09. The highest BCUT2D eigenvalue weighted by molar-refractivity contribution is 6.29. The van der Waals surface area contributed by atoms with E-state index in [9.17, 15) is 0 Å². The molecule has 78 valence electrons. The van der Waals surface area contributed by atoms with Crippen LogP contribution in [0.15, 0.2) is 47.1 Å². The number of hydrogen-bond donors (Lipinski definition) is 1. The Labute approximate surface area is 93.7 Å². The number of furan rings is 1. The van der Waals surface area contributed by atoms with E-state index in [2.05, 4.69) is 0 Å². The van der Waals surface area contributed by atoms with E-state index in [1.807, 2.05) is 36.4 Å².